The van der Waals surface area contributed by atoms with Gasteiger partial charge in [0, 0.05) is 30.2 Å². The van der Waals surface area contributed by atoms with E-state index < -0.39 is 12.1 Å². The Labute approximate surface area is 111 Å². The van der Waals surface area contributed by atoms with Gasteiger partial charge in [-0.15, -0.1) is 0 Å². The predicted octanol–water partition coefficient (Wildman–Crippen LogP) is 1.18. The van der Waals surface area contributed by atoms with Crippen molar-refractivity contribution in [3.05, 3.63) is 36.0 Å². The Morgan fingerprint density at radius 2 is 2.26 bits per heavy atom. The summed E-state index contributed by atoms with van der Waals surface area (Å²) in [5.74, 6) is -0.401. The summed E-state index contributed by atoms with van der Waals surface area (Å²) in [5, 5.41) is 13.9. The zero-order valence-corrected chi connectivity index (χ0v) is 10.8. The molecule has 2 rings (SSSR count). The number of methoxy groups -OCH3 is 1. The molecule has 1 atom stereocenters. The molecule has 102 valence electrons. The lowest BCUT2D eigenvalue weighted by molar-refractivity contribution is -0.142. The Morgan fingerprint density at radius 1 is 1.47 bits per heavy atom. The smallest absolute Gasteiger partial charge is 0.308 e. The number of carbonyl (C=O) groups excluding carboxylic acids is 1. The minimum Gasteiger partial charge on any atom is -0.469 e. The molecule has 0 saturated carbocycles. The number of fused-ring (bicyclic) bond motifs is 1. The maximum absolute atomic E-state index is 11.0. The van der Waals surface area contributed by atoms with Gasteiger partial charge in [-0.05, 0) is 11.6 Å². The van der Waals surface area contributed by atoms with E-state index in [1.165, 1.54) is 7.11 Å². The van der Waals surface area contributed by atoms with Gasteiger partial charge >= 0.3 is 5.97 Å². The first-order valence-electron chi connectivity index (χ1n) is 6.21. The molecule has 0 saturated heterocycles. The van der Waals surface area contributed by atoms with Crippen molar-refractivity contribution in [2.45, 2.75) is 19.1 Å². The Hall–Kier alpha value is -1.85. The van der Waals surface area contributed by atoms with Crippen molar-refractivity contribution < 1.29 is 14.6 Å². The number of benzene rings is 1. The highest BCUT2D eigenvalue weighted by Crippen LogP contribution is 2.17. The van der Waals surface area contributed by atoms with Crippen molar-refractivity contribution in [2.75, 3.05) is 13.7 Å². The van der Waals surface area contributed by atoms with E-state index in [1.54, 1.807) is 0 Å². The largest absolute Gasteiger partial charge is 0.469 e. The Morgan fingerprint density at radius 3 is 3.05 bits per heavy atom. The van der Waals surface area contributed by atoms with Crippen LogP contribution in [0.3, 0.4) is 0 Å². The molecule has 0 aliphatic rings. The number of carbonyl (C=O) groups is 1. The van der Waals surface area contributed by atoms with E-state index in [9.17, 15) is 9.90 Å². The molecule has 1 unspecified atom stereocenters. The third kappa shape index (κ3) is 3.56. The van der Waals surface area contributed by atoms with Crippen LogP contribution in [0.25, 0.3) is 10.9 Å². The highest BCUT2D eigenvalue weighted by molar-refractivity contribution is 5.82. The molecule has 3 N–H and O–H groups in total. The number of rotatable bonds is 6. The number of esters is 1. The van der Waals surface area contributed by atoms with Crippen molar-refractivity contribution in [3.8, 4) is 0 Å². The molecule has 0 aliphatic heterocycles. The molecule has 0 radical (unpaired) electrons. The van der Waals surface area contributed by atoms with Crippen LogP contribution in [0.4, 0.5) is 0 Å². The number of hydrogen-bond donors (Lipinski definition) is 3. The molecule has 19 heavy (non-hydrogen) atoms. The number of aliphatic hydroxyl groups excluding tert-OH is 1. The van der Waals surface area contributed by atoms with Crippen LogP contribution in [0.1, 0.15) is 12.0 Å². The second-order valence-electron chi connectivity index (χ2n) is 4.42. The maximum atomic E-state index is 11.0. The van der Waals surface area contributed by atoms with E-state index in [4.69, 9.17) is 0 Å². The molecular formula is C14H18N2O3. The van der Waals surface area contributed by atoms with Gasteiger partial charge in [-0.25, -0.2) is 0 Å². The van der Waals surface area contributed by atoms with Crippen LogP contribution < -0.4 is 5.32 Å². The van der Waals surface area contributed by atoms with Crippen molar-refractivity contribution in [1.29, 1.82) is 0 Å². The van der Waals surface area contributed by atoms with E-state index in [0.717, 1.165) is 16.5 Å². The molecule has 0 spiro atoms. The van der Waals surface area contributed by atoms with Crippen LogP contribution in [0.5, 0.6) is 0 Å². The zero-order chi connectivity index (χ0) is 13.7. The van der Waals surface area contributed by atoms with Gasteiger partial charge < -0.3 is 20.1 Å². The molecule has 5 heteroatoms. The van der Waals surface area contributed by atoms with Crippen LogP contribution in [0.2, 0.25) is 0 Å². The zero-order valence-electron chi connectivity index (χ0n) is 10.8. The second kappa shape index (κ2) is 6.36. The third-order valence-electron chi connectivity index (χ3n) is 3.00. The van der Waals surface area contributed by atoms with E-state index in [2.05, 4.69) is 15.0 Å². The van der Waals surface area contributed by atoms with Gasteiger partial charge in [-0.2, -0.15) is 0 Å². The maximum Gasteiger partial charge on any atom is 0.308 e. The Bertz CT molecular complexity index is 550. The highest BCUT2D eigenvalue weighted by atomic mass is 16.5. The van der Waals surface area contributed by atoms with Crippen LogP contribution in [-0.2, 0) is 16.1 Å². The summed E-state index contributed by atoms with van der Waals surface area (Å²) in [6.07, 6.45) is 1.24. The average molecular weight is 262 g/mol. The van der Waals surface area contributed by atoms with Gasteiger partial charge in [0.25, 0.3) is 0 Å². The van der Waals surface area contributed by atoms with Gasteiger partial charge in [0.05, 0.1) is 19.6 Å². The summed E-state index contributed by atoms with van der Waals surface area (Å²) in [7, 11) is 1.31. The normalized spacial score (nSPS) is 12.5. The number of aliphatic hydroxyl groups is 1. The van der Waals surface area contributed by atoms with Gasteiger partial charge in [0.1, 0.15) is 0 Å². The van der Waals surface area contributed by atoms with E-state index in [0.29, 0.717) is 13.1 Å². The summed E-state index contributed by atoms with van der Waals surface area (Å²) < 4.78 is 4.50. The molecule has 1 aromatic carbocycles. The number of H-pyrrole nitrogens is 1. The monoisotopic (exact) mass is 262 g/mol. The van der Waals surface area contributed by atoms with Crippen LogP contribution in [0, 0.1) is 0 Å². The van der Waals surface area contributed by atoms with Gasteiger partial charge in [0.15, 0.2) is 0 Å². The molecule has 1 aromatic heterocycles. The highest BCUT2D eigenvalue weighted by Gasteiger charge is 2.10. The van der Waals surface area contributed by atoms with Crippen LogP contribution >= 0.6 is 0 Å². The lowest BCUT2D eigenvalue weighted by Gasteiger charge is -2.10. The summed E-state index contributed by atoms with van der Waals surface area (Å²) >= 11 is 0. The van der Waals surface area contributed by atoms with E-state index in [1.807, 2.05) is 30.5 Å². The SMILES string of the molecule is COC(=O)CC(O)CNCc1c[nH]c2ccccc12. The molecule has 0 aliphatic carbocycles. The summed E-state index contributed by atoms with van der Waals surface area (Å²) in [5.41, 5.74) is 2.23. The fourth-order valence-electron chi connectivity index (χ4n) is 2.00. The summed E-state index contributed by atoms with van der Waals surface area (Å²) in [6.45, 7) is 0.997. The number of hydrogen-bond acceptors (Lipinski definition) is 4. The fraction of sp³-hybridized carbons (Fsp3) is 0.357. The molecule has 1 heterocycles. The minimum atomic E-state index is -0.724. The molecule has 0 bridgehead atoms. The predicted molar refractivity (Wildman–Crippen MR) is 72.6 cm³/mol. The molecule has 0 amide bonds. The van der Waals surface area contributed by atoms with Gasteiger partial charge in [-0.3, -0.25) is 4.79 Å². The molecule has 2 aromatic rings. The number of nitrogens with one attached hydrogen (secondary N) is 2. The minimum absolute atomic E-state index is 0.0113. The Kier molecular flexibility index (Phi) is 4.54. The van der Waals surface area contributed by atoms with Crippen molar-refractivity contribution >= 4 is 16.9 Å². The molecule has 0 fully saturated rings. The summed E-state index contributed by atoms with van der Waals surface area (Å²) in [6, 6.07) is 8.04. The number of aromatic amines is 1. The van der Waals surface area contributed by atoms with Crippen molar-refractivity contribution in [2.24, 2.45) is 0 Å². The standard InChI is InChI=1S/C14H18N2O3/c1-19-14(18)6-11(17)9-15-7-10-8-16-13-5-3-2-4-12(10)13/h2-5,8,11,15-17H,6-7,9H2,1H3. The number of para-hydroxylation sites is 1. The topological polar surface area (TPSA) is 74.3 Å². The first-order chi connectivity index (χ1) is 9.20. The lowest BCUT2D eigenvalue weighted by atomic mass is 10.1. The Balaban J connectivity index is 1.84. The van der Waals surface area contributed by atoms with Crippen molar-refractivity contribution in [1.82, 2.24) is 10.3 Å². The second-order valence-corrected chi connectivity index (χ2v) is 4.42. The van der Waals surface area contributed by atoms with E-state index >= 15 is 0 Å². The fourth-order valence-corrected chi connectivity index (χ4v) is 2.00. The number of ether oxygens (including phenoxy) is 1. The van der Waals surface area contributed by atoms with Crippen LogP contribution in [0.15, 0.2) is 30.5 Å². The quantitative estimate of drug-likeness (QED) is 0.683. The average Bonchev–Trinajstić information content (AvgIpc) is 2.82. The van der Waals surface area contributed by atoms with Crippen LogP contribution in [-0.4, -0.2) is 35.8 Å². The first kappa shape index (κ1) is 13.6. The van der Waals surface area contributed by atoms with Crippen molar-refractivity contribution in [3.63, 3.8) is 0 Å². The molecule has 5 nitrogen and oxygen atoms in total. The third-order valence-corrected chi connectivity index (χ3v) is 3.00. The first-order valence-corrected chi connectivity index (χ1v) is 6.21. The van der Waals surface area contributed by atoms with Gasteiger partial charge in [0.2, 0.25) is 0 Å². The number of aromatic nitrogens is 1. The lowest BCUT2D eigenvalue weighted by Crippen LogP contribution is -2.28. The van der Waals surface area contributed by atoms with Gasteiger partial charge in [-0.1, -0.05) is 18.2 Å². The summed E-state index contributed by atoms with van der Waals surface area (Å²) in [4.78, 5) is 14.2. The van der Waals surface area contributed by atoms with E-state index in [-0.39, 0.29) is 6.42 Å². The molecular weight excluding hydrogens is 244 g/mol.